The second-order valence-electron chi connectivity index (χ2n) is 3.92. The van der Waals surface area contributed by atoms with Crippen molar-refractivity contribution in [3.05, 3.63) is 24.6 Å². The van der Waals surface area contributed by atoms with Crippen LogP contribution in [0, 0.1) is 0 Å². The predicted octanol–water partition coefficient (Wildman–Crippen LogP) is -0.0613. The molecule has 0 radical (unpaired) electrons. The zero-order valence-electron chi connectivity index (χ0n) is 9.48. The number of hydrogen-bond donors (Lipinski definition) is 2. The molecule has 1 aliphatic rings. The molecule has 0 bridgehead atoms. The van der Waals surface area contributed by atoms with Crippen LogP contribution < -0.4 is 11.5 Å². The summed E-state index contributed by atoms with van der Waals surface area (Å²) >= 11 is 0. The summed E-state index contributed by atoms with van der Waals surface area (Å²) in [7, 11) is 0. The molecule has 0 heterocycles. The molecule has 17 heavy (non-hydrogen) atoms. The lowest BCUT2D eigenvalue weighted by Gasteiger charge is -2.13. The third-order valence-electron chi connectivity index (χ3n) is 2.41. The van der Waals surface area contributed by atoms with Gasteiger partial charge in [-0.05, 0) is 12.8 Å². The number of hydrogen-bond acceptors (Lipinski definition) is 6. The molecular weight excluding hydrogens is 224 g/mol. The van der Waals surface area contributed by atoms with E-state index in [-0.39, 0.29) is 23.6 Å². The number of esters is 2. The van der Waals surface area contributed by atoms with Gasteiger partial charge < -0.3 is 20.9 Å². The summed E-state index contributed by atoms with van der Waals surface area (Å²) < 4.78 is 10.1. The lowest BCUT2D eigenvalue weighted by atomic mass is 10.3. The minimum absolute atomic E-state index is 0.138. The first-order valence-electron chi connectivity index (χ1n) is 5.21. The Kier molecular flexibility index (Phi) is 4.14. The molecule has 4 N–H and O–H groups in total. The SMILES string of the molecule is C=C(N)C(=O)OC1CCC(OC(=O)C(=C)N)C1. The Labute approximate surface area is 99.2 Å². The van der Waals surface area contributed by atoms with Crippen molar-refractivity contribution in [2.45, 2.75) is 31.5 Å². The lowest BCUT2D eigenvalue weighted by molar-refractivity contribution is -0.146. The van der Waals surface area contributed by atoms with Crippen LogP contribution in [0.3, 0.4) is 0 Å². The predicted molar refractivity (Wildman–Crippen MR) is 60.3 cm³/mol. The normalized spacial score (nSPS) is 22.8. The molecule has 94 valence electrons. The van der Waals surface area contributed by atoms with Crippen LogP contribution in [0.15, 0.2) is 24.6 Å². The van der Waals surface area contributed by atoms with Crippen LogP contribution in [0.25, 0.3) is 0 Å². The van der Waals surface area contributed by atoms with Gasteiger partial charge in [0.1, 0.15) is 23.6 Å². The fourth-order valence-electron chi connectivity index (χ4n) is 1.57. The maximum Gasteiger partial charge on any atom is 0.353 e. The van der Waals surface area contributed by atoms with E-state index in [1.165, 1.54) is 0 Å². The van der Waals surface area contributed by atoms with Gasteiger partial charge in [-0.25, -0.2) is 9.59 Å². The van der Waals surface area contributed by atoms with E-state index >= 15 is 0 Å². The first-order valence-corrected chi connectivity index (χ1v) is 5.21. The van der Waals surface area contributed by atoms with Crippen molar-refractivity contribution in [1.29, 1.82) is 0 Å². The minimum atomic E-state index is -0.634. The van der Waals surface area contributed by atoms with Gasteiger partial charge in [-0.3, -0.25) is 0 Å². The van der Waals surface area contributed by atoms with Crippen molar-refractivity contribution in [3.8, 4) is 0 Å². The second kappa shape index (κ2) is 5.38. The zero-order chi connectivity index (χ0) is 13.0. The van der Waals surface area contributed by atoms with E-state index in [9.17, 15) is 9.59 Å². The molecule has 0 aliphatic heterocycles. The average molecular weight is 240 g/mol. The Morgan fingerprint density at radius 1 is 0.941 bits per heavy atom. The largest absolute Gasteiger partial charge is 0.458 e. The highest BCUT2D eigenvalue weighted by atomic mass is 16.6. The van der Waals surface area contributed by atoms with Crippen LogP contribution in [0.5, 0.6) is 0 Å². The fourth-order valence-corrected chi connectivity index (χ4v) is 1.57. The van der Waals surface area contributed by atoms with Gasteiger partial charge in [0.2, 0.25) is 0 Å². The van der Waals surface area contributed by atoms with Crippen molar-refractivity contribution in [3.63, 3.8) is 0 Å². The number of nitrogens with two attached hydrogens (primary N) is 2. The van der Waals surface area contributed by atoms with Gasteiger partial charge in [0.15, 0.2) is 0 Å². The van der Waals surface area contributed by atoms with Crippen molar-refractivity contribution in [2.75, 3.05) is 0 Å². The van der Waals surface area contributed by atoms with Crippen molar-refractivity contribution >= 4 is 11.9 Å². The molecule has 1 saturated carbocycles. The molecule has 2 atom stereocenters. The average Bonchev–Trinajstić information content (AvgIpc) is 2.65. The molecule has 6 heteroatoms. The molecule has 1 aliphatic carbocycles. The third-order valence-corrected chi connectivity index (χ3v) is 2.41. The summed E-state index contributed by atoms with van der Waals surface area (Å²) in [4.78, 5) is 22.3. The summed E-state index contributed by atoms with van der Waals surface area (Å²) in [5.74, 6) is -1.27. The maximum absolute atomic E-state index is 11.1. The summed E-state index contributed by atoms with van der Waals surface area (Å²) in [5.41, 5.74) is 10.1. The van der Waals surface area contributed by atoms with Crippen molar-refractivity contribution < 1.29 is 19.1 Å². The van der Waals surface area contributed by atoms with Crippen LogP contribution in [0.2, 0.25) is 0 Å². The van der Waals surface area contributed by atoms with E-state index < -0.39 is 11.9 Å². The van der Waals surface area contributed by atoms with Gasteiger partial charge in [-0.15, -0.1) is 0 Å². The summed E-state index contributed by atoms with van der Waals surface area (Å²) in [6.07, 6.45) is 1.08. The Bertz CT molecular complexity index is 330. The Morgan fingerprint density at radius 2 is 1.29 bits per heavy atom. The summed E-state index contributed by atoms with van der Waals surface area (Å²) in [6.45, 7) is 6.55. The lowest BCUT2D eigenvalue weighted by Crippen LogP contribution is -2.23. The van der Waals surface area contributed by atoms with E-state index in [0.29, 0.717) is 19.3 Å². The summed E-state index contributed by atoms with van der Waals surface area (Å²) in [6, 6.07) is 0. The maximum atomic E-state index is 11.1. The van der Waals surface area contributed by atoms with E-state index in [4.69, 9.17) is 20.9 Å². The highest BCUT2D eigenvalue weighted by Crippen LogP contribution is 2.25. The Balaban J connectivity index is 2.37. The van der Waals surface area contributed by atoms with E-state index in [1.807, 2.05) is 0 Å². The molecule has 0 aromatic rings. The monoisotopic (exact) mass is 240 g/mol. The smallest absolute Gasteiger partial charge is 0.353 e. The van der Waals surface area contributed by atoms with Gasteiger partial charge in [-0.1, -0.05) is 13.2 Å². The molecule has 2 unspecified atom stereocenters. The molecule has 1 rings (SSSR count). The van der Waals surface area contributed by atoms with Crippen molar-refractivity contribution in [1.82, 2.24) is 0 Å². The Morgan fingerprint density at radius 3 is 1.59 bits per heavy atom. The molecule has 1 fully saturated rings. The first-order chi connectivity index (χ1) is 7.90. The highest BCUT2D eigenvalue weighted by Gasteiger charge is 2.30. The first kappa shape index (κ1) is 13.1. The van der Waals surface area contributed by atoms with Crippen LogP contribution in [-0.4, -0.2) is 24.1 Å². The quantitative estimate of drug-likeness (QED) is 0.527. The number of carbonyl (C=O) groups excluding carboxylic acids is 2. The van der Waals surface area contributed by atoms with E-state index in [2.05, 4.69) is 13.2 Å². The van der Waals surface area contributed by atoms with Gasteiger partial charge in [0.25, 0.3) is 0 Å². The topological polar surface area (TPSA) is 105 Å². The van der Waals surface area contributed by atoms with Crippen LogP contribution in [-0.2, 0) is 19.1 Å². The Hall–Kier alpha value is -1.98. The van der Waals surface area contributed by atoms with Gasteiger partial charge in [0.05, 0.1) is 0 Å². The molecule has 0 aromatic heterocycles. The molecule has 0 aromatic carbocycles. The van der Waals surface area contributed by atoms with E-state index in [0.717, 1.165) is 0 Å². The standard InChI is InChI=1S/C11H16N2O4/c1-6(12)10(14)16-8-3-4-9(5-8)17-11(15)7(2)13/h8-9H,1-5,12-13H2. The van der Waals surface area contributed by atoms with Crippen LogP contribution in [0.1, 0.15) is 19.3 Å². The minimum Gasteiger partial charge on any atom is -0.458 e. The second-order valence-corrected chi connectivity index (χ2v) is 3.92. The third kappa shape index (κ3) is 3.82. The molecule has 0 spiro atoms. The van der Waals surface area contributed by atoms with Crippen molar-refractivity contribution in [2.24, 2.45) is 11.5 Å². The molecule has 0 amide bonds. The highest BCUT2D eigenvalue weighted by molar-refractivity contribution is 5.87. The molecular formula is C11H16N2O4. The molecule has 6 nitrogen and oxygen atoms in total. The van der Waals surface area contributed by atoms with Crippen LogP contribution >= 0.6 is 0 Å². The van der Waals surface area contributed by atoms with Gasteiger partial charge >= 0.3 is 11.9 Å². The summed E-state index contributed by atoms with van der Waals surface area (Å²) in [5, 5.41) is 0. The van der Waals surface area contributed by atoms with Gasteiger partial charge in [0, 0.05) is 6.42 Å². The number of carbonyl (C=O) groups is 2. The van der Waals surface area contributed by atoms with E-state index in [1.54, 1.807) is 0 Å². The zero-order valence-corrected chi connectivity index (χ0v) is 9.48. The molecule has 0 saturated heterocycles. The number of rotatable bonds is 4. The van der Waals surface area contributed by atoms with Gasteiger partial charge in [-0.2, -0.15) is 0 Å². The van der Waals surface area contributed by atoms with Crippen LogP contribution in [0.4, 0.5) is 0 Å². The fraction of sp³-hybridized carbons (Fsp3) is 0.455. The number of ether oxygens (including phenoxy) is 2.